The van der Waals surface area contributed by atoms with Gasteiger partial charge < -0.3 is 4.74 Å². The minimum Gasteiger partial charge on any atom is -0.481 e. The summed E-state index contributed by atoms with van der Waals surface area (Å²) in [5.74, 6) is -1.12. The van der Waals surface area contributed by atoms with E-state index in [1.54, 1.807) is 30.3 Å². The Labute approximate surface area is 149 Å². The van der Waals surface area contributed by atoms with E-state index in [0.29, 0.717) is 10.8 Å². The number of hydrogen-bond donors (Lipinski definition) is 2. The van der Waals surface area contributed by atoms with Crippen molar-refractivity contribution in [3.63, 3.8) is 0 Å². The highest BCUT2D eigenvalue weighted by Gasteiger charge is 2.14. The minimum absolute atomic E-state index is 0.344. The fourth-order valence-electron chi connectivity index (χ4n) is 1.82. The van der Waals surface area contributed by atoms with Gasteiger partial charge in [0.2, 0.25) is 0 Å². The Hall–Kier alpha value is -2.86. The summed E-state index contributed by atoms with van der Waals surface area (Å²) in [5.41, 5.74) is 5.24. The number of amides is 2. The summed E-state index contributed by atoms with van der Waals surface area (Å²) in [4.78, 5) is 23.6. The van der Waals surface area contributed by atoms with Crippen molar-refractivity contribution < 1.29 is 18.7 Å². The van der Waals surface area contributed by atoms with Gasteiger partial charge in [-0.1, -0.05) is 23.7 Å². The number of halogens is 2. The van der Waals surface area contributed by atoms with Crippen LogP contribution in [0.5, 0.6) is 5.75 Å². The zero-order valence-electron chi connectivity index (χ0n) is 13.3. The molecule has 1 atom stereocenters. The summed E-state index contributed by atoms with van der Waals surface area (Å²) in [7, 11) is 0. The maximum absolute atomic E-state index is 12.8. The molecule has 0 heterocycles. The van der Waals surface area contributed by atoms with E-state index in [9.17, 15) is 14.0 Å². The molecule has 5 nitrogen and oxygen atoms in total. The fraction of sp³-hybridized carbons (Fsp3) is 0.111. The second-order valence-corrected chi connectivity index (χ2v) is 5.52. The van der Waals surface area contributed by atoms with Crippen molar-refractivity contribution in [2.75, 3.05) is 0 Å². The van der Waals surface area contributed by atoms with Gasteiger partial charge in [0.1, 0.15) is 11.6 Å². The predicted octanol–water partition coefficient (Wildman–Crippen LogP) is 3.11. The van der Waals surface area contributed by atoms with Crippen LogP contribution >= 0.6 is 11.6 Å². The Bertz CT molecular complexity index is 778. The number of nitrogens with one attached hydrogen (secondary N) is 2. The van der Waals surface area contributed by atoms with Crippen molar-refractivity contribution in [1.82, 2.24) is 10.9 Å². The van der Waals surface area contributed by atoms with Gasteiger partial charge >= 0.3 is 0 Å². The Morgan fingerprint density at radius 2 is 1.88 bits per heavy atom. The monoisotopic (exact) mass is 362 g/mol. The highest BCUT2D eigenvalue weighted by molar-refractivity contribution is 6.30. The Kier molecular flexibility index (Phi) is 6.54. The molecule has 0 aliphatic rings. The van der Waals surface area contributed by atoms with Crippen LogP contribution in [0.15, 0.2) is 54.6 Å². The largest absolute Gasteiger partial charge is 0.481 e. The van der Waals surface area contributed by atoms with E-state index in [2.05, 4.69) is 10.9 Å². The van der Waals surface area contributed by atoms with Gasteiger partial charge in [-0.25, -0.2) is 4.39 Å². The zero-order valence-corrected chi connectivity index (χ0v) is 14.1. The van der Waals surface area contributed by atoms with Crippen molar-refractivity contribution in [1.29, 1.82) is 0 Å². The minimum atomic E-state index is -0.873. The SMILES string of the molecule is C[C@@H](Oc1ccc(F)cc1)C(=O)NNC(=O)/C=C\c1cccc(Cl)c1. The summed E-state index contributed by atoms with van der Waals surface area (Å²) < 4.78 is 18.2. The lowest BCUT2D eigenvalue weighted by Gasteiger charge is -2.14. The second kappa shape index (κ2) is 8.84. The fourth-order valence-corrected chi connectivity index (χ4v) is 2.02. The van der Waals surface area contributed by atoms with Crippen molar-refractivity contribution in [3.05, 3.63) is 71.0 Å². The molecule has 0 unspecified atom stereocenters. The molecule has 0 aliphatic carbocycles. The molecule has 0 aromatic heterocycles. The van der Waals surface area contributed by atoms with E-state index < -0.39 is 23.7 Å². The summed E-state index contributed by atoms with van der Waals surface area (Å²) in [6.07, 6.45) is 1.95. The van der Waals surface area contributed by atoms with E-state index in [0.717, 1.165) is 5.56 Å². The molecule has 0 bridgehead atoms. The molecule has 2 rings (SSSR count). The molecule has 0 radical (unpaired) electrons. The van der Waals surface area contributed by atoms with Crippen LogP contribution in [-0.4, -0.2) is 17.9 Å². The topological polar surface area (TPSA) is 67.4 Å². The van der Waals surface area contributed by atoms with E-state index in [-0.39, 0.29) is 0 Å². The van der Waals surface area contributed by atoms with E-state index in [1.807, 2.05) is 0 Å². The quantitative estimate of drug-likeness (QED) is 0.634. The number of hydrogen-bond acceptors (Lipinski definition) is 3. The molecular weight excluding hydrogens is 347 g/mol. The van der Waals surface area contributed by atoms with Crippen LogP contribution in [0.25, 0.3) is 6.08 Å². The molecule has 2 aromatic rings. The van der Waals surface area contributed by atoms with Crippen LogP contribution in [0.1, 0.15) is 12.5 Å². The zero-order chi connectivity index (χ0) is 18.2. The van der Waals surface area contributed by atoms with Crippen molar-refractivity contribution >= 4 is 29.5 Å². The molecule has 25 heavy (non-hydrogen) atoms. The summed E-state index contributed by atoms with van der Waals surface area (Å²) in [6, 6.07) is 12.2. The van der Waals surface area contributed by atoms with Gasteiger partial charge in [0, 0.05) is 11.1 Å². The number of carbonyl (C=O) groups excluding carboxylic acids is 2. The van der Waals surface area contributed by atoms with Gasteiger partial charge in [0.25, 0.3) is 11.8 Å². The second-order valence-electron chi connectivity index (χ2n) is 5.08. The number of benzene rings is 2. The first-order valence-electron chi connectivity index (χ1n) is 7.40. The van der Waals surface area contributed by atoms with Gasteiger partial charge in [-0.15, -0.1) is 0 Å². The first-order chi connectivity index (χ1) is 11.9. The Balaban J connectivity index is 1.80. The molecule has 7 heteroatoms. The standard InChI is InChI=1S/C18H16ClFN2O3/c1-12(25-16-8-6-15(20)7-9-16)18(24)22-21-17(23)10-5-13-3-2-4-14(19)11-13/h2-12H,1H3,(H,21,23)(H,22,24)/b10-5-/t12-/m1/s1. The maximum Gasteiger partial charge on any atom is 0.279 e. The average Bonchev–Trinajstić information content (AvgIpc) is 2.60. The van der Waals surface area contributed by atoms with Crippen molar-refractivity contribution in [3.8, 4) is 5.75 Å². The van der Waals surface area contributed by atoms with Gasteiger partial charge in [0.15, 0.2) is 6.10 Å². The number of ether oxygens (including phenoxy) is 1. The van der Waals surface area contributed by atoms with Crippen LogP contribution in [0.3, 0.4) is 0 Å². The van der Waals surface area contributed by atoms with Gasteiger partial charge in [0.05, 0.1) is 0 Å². The highest BCUT2D eigenvalue weighted by atomic mass is 35.5. The van der Waals surface area contributed by atoms with Crippen LogP contribution in [-0.2, 0) is 9.59 Å². The molecule has 0 saturated heterocycles. The maximum atomic E-state index is 12.8. The van der Waals surface area contributed by atoms with Gasteiger partial charge in [-0.05, 0) is 55.0 Å². The van der Waals surface area contributed by atoms with Gasteiger partial charge in [-0.3, -0.25) is 20.4 Å². The third kappa shape index (κ3) is 6.27. The van der Waals surface area contributed by atoms with Crippen LogP contribution in [0.4, 0.5) is 4.39 Å². The molecule has 0 fully saturated rings. The molecular formula is C18H16ClFN2O3. The molecule has 2 aromatic carbocycles. The highest BCUT2D eigenvalue weighted by Crippen LogP contribution is 2.13. The van der Waals surface area contributed by atoms with Crippen molar-refractivity contribution in [2.24, 2.45) is 0 Å². The average molecular weight is 363 g/mol. The third-order valence-electron chi connectivity index (χ3n) is 3.08. The normalized spacial score (nSPS) is 11.8. The Morgan fingerprint density at radius 1 is 1.16 bits per heavy atom. The van der Waals surface area contributed by atoms with Crippen LogP contribution in [0, 0.1) is 5.82 Å². The first-order valence-corrected chi connectivity index (χ1v) is 7.77. The number of carbonyl (C=O) groups is 2. The Morgan fingerprint density at radius 3 is 2.56 bits per heavy atom. The lowest BCUT2D eigenvalue weighted by atomic mass is 10.2. The van der Waals surface area contributed by atoms with E-state index in [4.69, 9.17) is 16.3 Å². The van der Waals surface area contributed by atoms with Crippen molar-refractivity contribution in [2.45, 2.75) is 13.0 Å². The molecule has 0 spiro atoms. The van der Waals surface area contributed by atoms with E-state index in [1.165, 1.54) is 37.3 Å². The van der Waals surface area contributed by atoms with E-state index >= 15 is 0 Å². The lowest BCUT2D eigenvalue weighted by molar-refractivity contribution is -0.131. The smallest absolute Gasteiger partial charge is 0.279 e. The lowest BCUT2D eigenvalue weighted by Crippen LogP contribution is -2.46. The third-order valence-corrected chi connectivity index (χ3v) is 3.32. The summed E-state index contributed by atoms with van der Waals surface area (Å²) in [5, 5.41) is 0.558. The predicted molar refractivity (Wildman–Crippen MR) is 93.3 cm³/mol. The van der Waals surface area contributed by atoms with Gasteiger partial charge in [-0.2, -0.15) is 0 Å². The number of hydrazine groups is 1. The first kappa shape index (κ1) is 18.5. The number of rotatable bonds is 5. The molecule has 0 saturated carbocycles. The van der Waals surface area contributed by atoms with Crippen LogP contribution in [0.2, 0.25) is 5.02 Å². The van der Waals surface area contributed by atoms with Crippen LogP contribution < -0.4 is 15.6 Å². The summed E-state index contributed by atoms with van der Waals surface area (Å²) in [6.45, 7) is 1.51. The molecule has 2 amide bonds. The molecule has 130 valence electrons. The molecule has 2 N–H and O–H groups in total. The summed E-state index contributed by atoms with van der Waals surface area (Å²) >= 11 is 5.85. The molecule has 0 aliphatic heterocycles.